The van der Waals surface area contributed by atoms with Gasteiger partial charge in [0, 0.05) is 22.1 Å². The van der Waals surface area contributed by atoms with Crippen molar-refractivity contribution in [3.63, 3.8) is 0 Å². The van der Waals surface area contributed by atoms with E-state index in [0.29, 0.717) is 11.1 Å². The first-order valence-corrected chi connectivity index (χ1v) is 14.7. The van der Waals surface area contributed by atoms with Crippen molar-refractivity contribution < 1.29 is 27.7 Å². The first-order chi connectivity index (χ1) is 30.4. The summed E-state index contributed by atoms with van der Waals surface area (Å²) in [4.78, 5) is 0. The smallest absolute Gasteiger partial charge is 0.143 e. The molecule has 1 heterocycles. The molecule has 9 aromatic rings. The minimum Gasteiger partial charge on any atom is -0.455 e. The Bertz CT molecular complexity index is 3400. The number of hydrogen-bond donors (Lipinski definition) is 0. The first kappa shape index (κ1) is 14.9. The predicted molar refractivity (Wildman–Crippen MR) is 198 cm³/mol. The monoisotopic (exact) mass is 615 g/mol. The molecule has 8 aromatic carbocycles. The van der Waals surface area contributed by atoms with E-state index < -0.39 is 125 Å². The second-order valence-electron chi connectivity index (χ2n) is 10.7. The van der Waals surface area contributed by atoms with Crippen LogP contribution in [0.1, 0.15) is 23.3 Å². The molecule has 0 bridgehead atoms. The van der Waals surface area contributed by atoms with Crippen LogP contribution in [-0.4, -0.2) is 0 Å². The summed E-state index contributed by atoms with van der Waals surface area (Å²) in [7, 11) is 0. The highest BCUT2D eigenvalue weighted by Gasteiger charge is 2.24. The van der Waals surface area contributed by atoms with Crippen molar-refractivity contribution in [2.75, 3.05) is 0 Å². The van der Waals surface area contributed by atoms with Crippen molar-refractivity contribution in [3.8, 4) is 55.8 Å². The highest BCUT2D eigenvalue weighted by Crippen LogP contribution is 2.50. The normalized spacial score (nSPS) is 16.5. The van der Waals surface area contributed by atoms with E-state index in [-0.39, 0.29) is 49.8 Å². The number of hydrogen-bond acceptors (Lipinski definition) is 1. The Morgan fingerprint density at radius 1 is 0.362 bits per heavy atom. The molecule has 0 N–H and O–H groups in total. The maximum absolute atomic E-state index is 9.64. The van der Waals surface area contributed by atoms with Crippen LogP contribution in [0.2, 0.25) is 0 Å². The van der Waals surface area contributed by atoms with Gasteiger partial charge >= 0.3 is 0 Å². The van der Waals surface area contributed by atoms with Gasteiger partial charge in [0.15, 0.2) is 0 Å². The highest BCUT2D eigenvalue weighted by molar-refractivity contribution is 6.25. The van der Waals surface area contributed by atoms with Crippen LogP contribution in [0.25, 0.3) is 88.3 Å². The number of benzene rings is 8. The van der Waals surface area contributed by atoms with Gasteiger partial charge in [-0.3, -0.25) is 0 Å². The van der Waals surface area contributed by atoms with Crippen molar-refractivity contribution in [1.82, 2.24) is 0 Å². The molecule has 220 valence electrons. The van der Waals surface area contributed by atoms with Gasteiger partial charge in [0.05, 0.1) is 23.3 Å². The molecule has 0 radical (unpaired) electrons. The van der Waals surface area contributed by atoms with E-state index in [1.165, 1.54) is 0 Å². The fourth-order valence-corrected chi connectivity index (χ4v) is 6.04. The molecular formula is C46H30O. The Hall–Kier alpha value is -6.18. The average molecular weight is 616 g/mol. The largest absolute Gasteiger partial charge is 0.455 e. The van der Waals surface area contributed by atoms with E-state index in [0.717, 1.165) is 5.56 Å². The third-order valence-corrected chi connectivity index (χ3v) is 8.09. The van der Waals surface area contributed by atoms with Gasteiger partial charge in [-0.05, 0) is 73.1 Å². The van der Waals surface area contributed by atoms with E-state index in [9.17, 15) is 8.22 Å². The second kappa shape index (κ2) is 11.3. The lowest BCUT2D eigenvalue weighted by Gasteiger charge is -2.18. The fraction of sp³-hybridized carbons (Fsp3) is 0. The van der Waals surface area contributed by atoms with Crippen LogP contribution in [-0.2, 0) is 0 Å². The summed E-state index contributed by atoms with van der Waals surface area (Å²) in [5.74, 6) is -0.293. The van der Waals surface area contributed by atoms with Crippen molar-refractivity contribution in [3.05, 3.63) is 182 Å². The zero-order valence-electron chi connectivity index (χ0n) is 41.4. The topological polar surface area (TPSA) is 13.1 Å². The lowest BCUT2D eigenvalue weighted by atomic mass is 9.84. The van der Waals surface area contributed by atoms with E-state index in [2.05, 4.69) is 0 Å². The van der Waals surface area contributed by atoms with Crippen LogP contribution in [0.3, 0.4) is 0 Å². The quantitative estimate of drug-likeness (QED) is 0.176. The average Bonchev–Trinajstić information content (AvgIpc) is 3.67. The molecule has 1 heteroatoms. The fourth-order valence-electron chi connectivity index (χ4n) is 6.04. The summed E-state index contributed by atoms with van der Waals surface area (Å²) < 4.78 is 161. The molecule has 0 fully saturated rings. The van der Waals surface area contributed by atoms with Crippen molar-refractivity contribution in [2.45, 2.75) is 0 Å². The number of rotatable bonds is 5. The van der Waals surface area contributed by atoms with Gasteiger partial charge in [-0.15, -0.1) is 0 Å². The van der Waals surface area contributed by atoms with Gasteiger partial charge in [-0.25, -0.2) is 0 Å². The van der Waals surface area contributed by atoms with Crippen LogP contribution >= 0.6 is 0 Å². The molecule has 0 saturated carbocycles. The first-order valence-electron chi connectivity index (χ1n) is 23.2. The molecule has 0 saturated heterocycles. The van der Waals surface area contributed by atoms with Crippen LogP contribution in [0.4, 0.5) is 0 Å². The predicted octanol–water partition coefficient (Wildman–Crippen LogP) is 13.1. The molecule has 0 spiro atoms. The van der Waals surface area contributed by atoms with Crippen LogP contribution < -0.4 is 0 Å². The minimum absolute atomic E-state index is 0.0249. The molecule has 0 unspecified atom stereocenters. The van der Waals surface area contributed by atoms with Gasteiger partial charge in [-0.1, -0.05) is 163 Å². The number of furan rings is 1. The van der Waals surface area contributed by atoms with E-state index >= 15 is 0 Å². The van der Waals surface area contributed by atoms with Crippen LogP contribution in [0, 0.1) is 0 Å². The standard InChI is InChI=1S/C46H30O/c1-4-15-31(16-5-1)34-21-14-22-36(29-34)46-45(41-28-27-35(30-42(41)47-46)32-17-6-2-7-18-32)44-39-25-12-10-23-37(39)43(33-19-8-3-9-20-33)38-24-11-13-26-40(38)44/h1-30H/i3D,8D,9D,10D,11D,12D,13D,14D,19D,20D,21D,22D,23D,24D,25D,26D,29D. The van der Waals surface area contributed by atoms with E-state index in [1.54, 1.807) is 48.5 Å². The zero-order chi connectivity index (χ0) is 46.0. The Labute approximate surface area is 297 Å². The molecule has 47 heavy (non-hydrogen) atoms. The SMILES string of the molecule is [2H]c1c([2H])c([2H])c(-c2c3c([2H])c([2H])c([2H])c([2H])c3c(-c3c(-c4c([2H])c([2H])c([2H])c(-c5ccccc5)c4[2H])oc4cc(-c5ccccc5)ccc34)c3c([2H])c([2H])c([2H])c([2H])c23)c([2H])c1[2H]. The lowest BCUT2D eigenvalue weighted by Crippen LogP contribution is -1.91. The number of fused-ring (bicyclic) bond motifs is 3. The summed E-state index contributed by atoms with van der Waals surface area (Å²) in [6, 6.07) is 10.5. The van der Waals surface area contributed by atoms with Gasteiger partial charge in [0.25, 0.3) is 0 Å². The highest BCUT2D eigenvalue weighted by atomic mass is 16.3. The molecule has 0 aliphatic rings. The Morgan fingerprint density at radius 3 is 1.53 bits per heavy atom. The molecular weight excluding hydrogens is 569 g/mol. The molecule has 0 amide bonds. The summed E-state index contributed by atoms with van der Waals surface area (Å²) in [5, 5.41) is -1.45. The van der Waals surface area contributed by atoms with Gasteiger partial charge in [0.2, 0.25) is 0 Å². The Balaban J connectivity index is 1.61. The third-order valence-electron chi connectivity index (χ3n) is 8.09. The summed E-state index contributed by atoms with van der Waals surface area (Å²) >= 11 is 0. The van der Waals surface area contributed by atoms with E-state index in [4.69, 9.17) is 19.5 Å². The maximum atomic E-state index is 9.64. The Kier molecular flexibility index (Phi) is 3.60. The van der Waals surface area contributed by atoms with Gasteiger partial charge < -0.3 is 4.42 Å². The summed E-state index contributed by atoms with van der Waals surface area (Å²) in [6.07, 6.45) is 0. The zero-order valence-corrected chi connectivity index (χ0v) is 24.4. The molecule has 1 aromatic heterocycles. The van der Waals surface area contributed by atoms with Crippen molar-refractivity contribution in [2.24, 2.45) is 0 Å². The van der Waals surface area contributed by atoms with Crippen molar-refractivity contribution >= 4 is 32.5 Å². The van der Waals surface area contributed by atoms with Crippen LogP contribution in [0.5, 0.6) is 0 Å². The van der Waals surface area contributed by atoms with Gasteiger partial charge in [0.1, 0.15) is 11.3 Å². The molecule has 1 nitrogen and oxygen atoms in total. The molecule has 0 aliphatic carbocycles. The van der Waals surface area contributed by atoms with E-state index in [1.807, 2.05) is 30.3 Å². The third kappa shape index (κ3) is 4.64. The molecule has 9 rings (SSSR count). The molecule has 0 atom stereocenters. The minimum atomic E-state index is -0.801. The lowest BCUT2D eigenvalue weighted by molar-refractivity contribution is 0.632. The maximum Gasteiger partial charge on any atom is 0.143 e. The Morgan fingerprint density at radius 2 is 0.894 bits per heavy atom. The van der Waals surface area contributed by atoms with Crippen LogP contribution in [0.15, 0.2) is 186 Å². The molecule has 0 aliphatic heterocycles. The van der Waals surface area contributed by atoms with Crippen molar-refractivity contribution in [1.29, 1.82) is 0 Å². The second-order valence-corrected chi connectivity index (χ2v) is 10.7. The summed E-state index contributed by atoms with van der Waals surface area (Å²) in [6.45, 7) is 0. The van der Waals surface area contributed by atoms with Gasteiger partial charge in [-0.2, -0.15) is 0 Å². The summed E-state index contributed by atoms with van der Waals surface area (Å²) in [5.41, 5.74) is 0.190.